The third-order valence-electron chi connectivity index (χ3n) is 4.41. The van der Waals surface area contributed by atoms with E-state index in [0.717, 1.165) is 24.8 Å². The quantitative estimate of drug-likeness (QED) is 0.819. The Balaban J connectivity index is 1.67. The molecule has 2 heterocycles. The monoisotopic (exact) mass is 362 g/mol. The molecule has 134 valence electrons. The minimum Gasteiger partial charge on any atom is -0.449 e. The number of anilines is 1. The van der Waals surface area contributed by atoms with Crippen molar-refractivity contribution in [3.05, 3.63) is 33.2 Å². The van der Waals surface area contributed by atoms with Crippen LogP contribution < -0.4 is 5.32 Å². The lowest BCUT2D eigenvalue weighted by Gasteiger charge is -2.19. The SMILES string of the molecule is CC[C@H](OC(=O)c1csc2c1CC[C@@H](C)C2)C(=O)Nc1cc(C)on1. The van der Waals surface area contributed by atoms with E-state index in [2.05, 4.69) is 17.4 Å². The first-order valence-corrected chi connectivity index (χ1v) is 9.40. The third-order valence-corrected chi connectivity index (χ3v) is 5.46. The molecule has 1 aliphatic carbocycles. The third kappa shape index (κ3) is 3.92. The van der Waals surface area contributed by atoms with E-state index < -0.39 is 18.0 Å². The van der Waals surface area contributed by atoms with Gasteiger partial charge in [-0.25, -0.2) is 4.79 Å². The number of rotatable bonds is 5. The zero-order valence-corrected chi connectivity index (χ0v) is 15.4. The summed E-state index contributed by atoms with van der Waals surface area (Å²) in [5.41, 5.74) is 1.70. The van der Waals surface area contributed by atoms with Gasteiger partial charge >= 0.3 is 5.97 Å². The number of nitrogens with zero attached hydrogens (tertiary/aromatic N) is 1. The molecular formula is C18H22N2O4S. The molecule has 0 saturated heterocycles. The van der Waals surface area contributed by atoms with Gasteiger partial charge in [0.2, 0.25) is 0 Å². The number of hydrogen-bond donors (Lipinski definition) is 1. The van der Waals surface area contributed by atoms with Gasteiger partial charge in [-0.05, 0) is 44.1 Å². The van der Waals surface area contributed by atoms with E-state index in [1.165, 1.54) is 4.88 Å². The molecule has 0 fully saturated rings. The van der Waals surface area contributed by atoms with E-state index in [0.29, 0.717) is 29.5 Å². The highest BCUT2D eigenvalue weighted by Crippen LogP contribution is 2.33. The van der Waals surface area contributed by atoms with Gasteiger partial charge in [0.1, 0.15) is 5.76 Å². The van der Waals surface area contributed by atoms with Gasteiger partial charge in [0.25, 0.3) is 5.91 Å². The van der Waals surface area contributed by atoms with Crippen molar-refractivity contribution in [3.8, 4) is 0 Å². The molecule has 3 rings (SSSR count). The Bertz CT molecular complexity index is 780. The number of fused-ring (bicyclic) bond motifs is 1. The predicted octanol–water partition coefficient (Wildman–Crippen LogP) is 3.74. The van der Waals surface area contributed by atoms with Gasteiger partial charge in [-0.1, -0.05) is 19.0 Å². The van der Waals surface area contributed by atoms with Crippen LogP contribution in [-0.2, 0) is 22.4 Å². The van der Waals surface area contributed by atoms with Crippen LogP contribution in [-0.4, -0.2) is 23.1 Å². The summed E-state index contributed by atoms with van der Waals surface area (Å²) in [4.78, 5) is 26.1. The maximum Gasteiger partial charge on any atom is 0.340 e. The van der Waals surface area contributed by atoms with Crippen molar-refractivity contribution in [1.29, 1.82) is 0 Å². The molecule has 0 spiro atoms. The maximum atomic E-state index is 12.6. The van der Waals surface area contributed by atoms with E-state index in [1.54, 1.807) is 31.3 Å². The standard InChI is InChI=1S/C18H22N2O4S/c1-4-14(17(21)19-16-8-11(3)24-20-16)23-18(22)13-9-25-15-7-10(2)5-6-12(13)15/h8-10,14H,4-7H2,1-3H3,(H,19,20,21)/t10-,14+/m1/s1. The molecule has 6 nitrogen and oxygen atoms in total. The molecule has 0 saturated carbocycles. The first-order chi connectivity index (χ1) is 12.0. The number of thiophene rings is 1. The fourth-order valence-electron chi connectivity index (χ4n) is 3.00. The topological polar surface area (TPSA) is 81.4 Å². The van der Waals surface area contributed by atoms with Crippen LogP contribution in [0.1, 0.15) is 53.2 Å². The Morgan fingerprint density at radius 2 is 2.32 bits per heavy atom. The van der Waals surface area contributed by atoms with E-state index in [4.69, 9.17) is 9.26 Å². The number of carbonyl (C=O) groups excluding carboxylic acids is 2. The van der Waals surface area contributed by atoms with Gasteiger partial charge in [-0.3, -0.25) is 4.79 Å². The summed E-state index contributed by atoms with van der Waals surface area (Å²) < 4.78 is 10.4. The van der Waals surface area contributed by atoms with E-state index in [9.17, 15) is 9.59 Å². The molecular weight excluding hydrogens is 340 g/mol. The van der Waals surface area contributed by atoms with Crippen LogP contribution in [0.15, 0.2) is 16.0 Å². The van der Waals surface area contributed by atoms with Gasteiger partial charge in [0.05, 0.1) is 5.56 Å². The van der Waals surface area contributed by atoms with Gasteiger partial charge < -0.3 is 14.6 Å². The molecule has 0 aliphatic heterocycles. The summed E-state index contributed by atoms with van der Waals surface area (Å²) in [6.07, 6.45) is 2.51. The van der Waals surface area contributed by atoms with Crippen LogP contribution in [0, 0.1) is 12.8 Å². The number of ether oxygens (including phenoxy) is 1. The van der Waals surface area contributed by atoms with E-state index in [1.807, 2.05) is 5.38 Å². The van der Waals surface area contributed by atoms with Crippen molar-refractivity contribution in [1.82, 2.24) is 5.16 Å². The lowest BCUT2D eigenvalue weighted by Crippen LogP contribution is -2.32. The highest BCUT2D eigenvalue weighted by Gasteiger charge is 2.27. The maximum absolute atomic E-state index is 12.6. The Hall–Kier alpha value is -2.15. The molecule has 0 unspecified atom stereocenters. The molecule has 0 radical (unpaired) electrons. The van der Waals surface area contributed by atoms with Crippen molar-refractivity contribution >= 4 is 29.0 Å². The number of nitrogens with one attached hydrogen (secondary N) is 1. The lowest BCUT2D eigenvalue weighted by atomic mass is 9.88. The zero-order valence-electron chi connectivity index (χ0n) is 14.6. The Labute approximate surface area is 150 Å². The molecule has 1 amide bonds. The zero-order chi connectivity index (χ0) is 18.0. The van der Waals surface area contributed by atoms with Gasteiger partial charge in [-0.2, -0.15) is 0 Å². The largest absolute Gasteiger partial charge is 0.449 e. The van der Waals surface area contributed by atoms with Crippen molar-refractivity contribution in [2.45, 2.75) is 52.6 Å². The molecule has 2 aromatic heterocycles. The average molecular weight is 362 g/mol. The highest BCUT2D eigenvalue weighted by atomic mass is 32.1. The van der Waals surface area contributed by atoms with Gasteiger partial charge in [0, 0.05) is 16.3 Å². The van der Waals surface area contributed by atoms with Gasteiger partial charge in [0.15, 0.2) is 11.9 Å². The average Bonchev–Trinajstić information content (AvgIpc) is 3.17. The fraction of sp³-hybridized carbons (Fsp3) is 0.500. The van der Waals surface area contributed by atoms with Crippen LogP contribution in [0.25, 0.3) is 0 Å². The minimum absolute atomic E-state index is 0.318. The Morgan fingerprint density at radius 1 is 1.52 bits per heavy atom. The Kier molecular flexibility index (Phi) is 5.22. The number of carbonyl (C=O) groups is 2. The molecule has 2 aromatic rings. The number of hydrogen-bond acceptors (Lipinski definition) is 6. The number of amides is 1. The second-order valence-corrected chi connectivity index (χ2v) is 7.48. The summed E-state index contributed by atoms with van der Waals surface area (Å²) >= 11 is 1.61. The summed E-state index contributed by atoms with van der Waals surface area (Å²) in [7, 11) is 0. The molecule has 25 heavy (non-hydrogen) atoms. The highest BCUT2D eigenvalue weighted by molar-refractivity contribution is 7.10. The Morgan fingerprint density at radius 3 is 3.00 bits per heavy atom. The second kappa shape index (κ2) is 7.39. The van der Waals surface area contributed by atoms with Crippen molar-refractivity contribution in [3.63, 3.8) is 0 Å². The predicted molar refractivity (Wildman–Crippen MR) is 94.9 cm³/mol. The first kappa shape index (κ1) is 17.7. The minimum atomic E-state index is -0.859. The normalized spacial score (nSPS) is 17.6. The fourth-order valence-corrected chi connectivity index (χ4v) is 4.23. The summed E-state index contributed by atoms with van der Waals surface area (Å²) in [6, 6.07) is 1.61. The molecule has 2 atom stereocenters. The summed E-state index contributed by atoms with van der Waals surface area (Å²) in [5.74, 6) is 0.737. The molecule has 1 N–H and O–H groups in total. The molecule has 0 bridgehead atoms. The molecule has 1 aliphatic rings. The van der Waals surface area contributed by atoms with Crippen molar-refractivity contribution in [2.24, 2.45) is 5.92 Å². The van der Waals surface area contributed by atoms with E-state index >= 15 is 0 Å². The number of aryl methyl sites for hydroxylation is 1. The van der Waals surface area contributed by atoms with Crippen LogP contribution in [0.4, 0.5) is 5.82 Å². The van der Waals surface area contributed by atoms with E-state index in [-0.39, 0.29) is 0 Å². The number of esters is 1. The van der Waals surface area contributed by atoms with Crippen LogP contribution in [0.2, 0.25) is 0 Å². The second-order valence-electron chi connectivity index (χ2n) is 6.51. The smallest absolute Gasteiger partial charge is 0.340 e. The van der Waals surface area contributed by atoms with Crippen LogP contribution >= 0.6 is 11.3 Å². The van der Waals surface area contributed by atoms with Crippen molar-refractivity contribution in [2.75, 3.05) is 5.32 Å². The molecule has 0 aromatic carbocycles. The first-order valence-electron chi connectivity index (χ1n) is 8.52. The van der Waals surface area contributed by atoms with Crippen LogP contribution in [0.3, 0.4) is 0 Å². The summed E-state index contributed by atoms with van der Waals surface area (Å²) in [5, 5.41) is 8.19. The van der Waals surface area contributed by atoms with Crippen LogP contribution in [0.5, 0.6) is 0 Å². The summed E-state index contributed by atoms with van der Waals surface area (Å²) in [6.45, 7) is 5.76. The lowest BCUT2D eigenvalue weighted by molar-refractivity contribution is -0.124. The molecule has 7 heteroatoms. The van der Waals surface area contributed by atoms with Crippen molar-refractivity contribution < 1.29 is 18.8 Å². The number of aromatic nitrogens is 1. The van der Waals surface area contributed by atoms with Gasteiger partial charge in [-0.15, -0.1) is 11.3 Å².